The molecule has 0 spiro atoms. The van der Waals surface area contributed by atoms with Crippen LogP contribution in [-0.4, -0.2) is 41.6 Å². The first kappa shape index (κ1) is 15.5. The van der Waals surface area contributed by atoms with Gasteiger partial charge in [-0.15, -0.1) is 0 Å². The van der Waals surface area contributed by atoms with Gasteiger partial charge in [-0.25, -0.2) is 4.98 Å². The number of hydrogen-bond acceptors (Lipinski definition) is 6. The van der Waals surface area contributed by atoms with E-state index in [-0.39, 0.29) is 15.9 Å². The molecule has 0 bridgehead atoms. The van der Waals surface area contributed by atoms with Crippen molar-refractivity contribution in [1.82, 2.24) is 10.1 Å². The summed E-state index contributed by atoms with van der Waals surface area (Å²) in [7, 11) is 0. The van der Waals surface area contributed by atoms with Crippen LogP contribution in [0.2, 0.25) is 10.2 Å². The van der Waals surface area contributed by atoms with Gasteiger partial charge in [-0.3, -0.25) is 0 Å². The zero-order valence-electron chi connectivity index (χ0n) is 12.5. The number of halogens is 2. The minimum Gasteiger partial charge on any atom is -0.504 e. The molecule has 1 N–H and O–H groups in total. The fourth-order valence-electron chi connectivity index (χ4n) is 2.73. The van der Waals surface area contributed by atoms with Gasteiger partial charge in [0.15, 0.2) is 16.5 Å². The van der Waals surface area contributed by atoms with Gasteiger partial charge in [0.05, 0.1) is 29.3 Å². The molecule has 0 saturated carbocycles. The SMILES string of the molecule is Oc1c(Cl)cc(-c2noc3cc(N4CCOCC4)ccc23)nc1Cl. The quantitative estimate of drug-likeness (QED) is 0.697. The van der Waals surface area contributed by atoms with E-state index in [1.54, 1.807) is 0 Å². The lowest BCUT2D eigenvalue weighted by molar-refractivity contribution is 0.122. The summed E-state index contributed by atoms with van der Waals surface area (Å²) in [5, 5.41) is 14.6. The maximum atomic E-state index is 9.64. The Morgan fingerprint density at radius 2 is 1.92 bits per heavy atom. The van der Waals surface area contributed by atoms with Crippen LogP contribution in [0.25, 0.3) is 22.4 Å². The van der Waals surface area contributed by atoms with E-state index in [2.05, 4.69) is 15.0 Å². The molecule has 0 amide bonds. The van der Waals surface area contributed by atoms with E-state index in [1.165, 1.54) is 6.07 Å². The molecule has 3 aromatic rings. The molecule has 0 unspecified atom stereocenters. The van der Waals surface area contributed by atoms with Crippen LogP contribution in [0.3, 0.4) is 0 Å². The van der Waals surface area contributed by atoms with E-state index in [0.717, 1.165) is 24.2 Å². The number of nitrogens with zero attached hydrogens (tertiary/aromatic N) is 3. The Morgan fingerprint density at radius 3 is 2.67 bits per heavy atom. The van der Waals surface area contributed by atoms with E-state index in [9.17, 15) is 5.11 Å². The van der Waals surface area contributed by atoms with E-state index in [4.69, 9.17) is 32.5 Å². The number of benzene rings is 1. The summed E-state index contributed by atoms with van der Waals surface area (Å²) in [5.74, 6) is -0.246. The molecule has 8 heteroatoms. The number of hydrogen-bond donors (Lipinski definition) is 1. The normalized spacial score (nSPS) is 15.2. The molecule has 1 aliphatic rings. The summed E-state index contributed by atoms with van der Waals surface area (Å²) in [4.78, 5) is 6.35. The average Bonchev–Trinajstić information content (AvgIpc) is 3.03. The highest BCUT2D eigenvalue weighted by Gasteiger charge is 2.18. The van der Waals surface area contributed by atoms with Crippen LogP contribution < -0.4 is 4.90 Å². The first-order valence-corrected chi connectivity index (χ1v) is 8.16. The number of pyridine rings is 1. The molecule has 6 nitrogen and oxygen atoms in total. The van der Waals surface area contributed by atoms with Gasteiger partial charge >= 0.3 is 0 Å². The molecule has 3 heterocycles. The van der Waals surface area contributed by atoms with Gasteiger partial charge in [-0.1, -0.05) is 28.4 Å². The van der Waals surface area contributed by atoms with Crippen molar-refractivity contribution in [2.45, 2.75) is 0 Å². The minimum atomic E-state index is -0.246. The molecule has 1 aliphatic heterocycles. The van der Waals surface area contributed by atoms with Gasteiger partial charge in [0, 0.05) is 24.8 Å². The molecule has 0 aliphatic carbocycles. The molecule has 124 valence electrons. The van der Waals surface area contributed by atoms with Crippen LogP contribution in [0.5, 0.6) is 5.75 Å². The number of rotatable bonds is 2. The Bertz CT molecular complexity index is 884. The molecule has 0 atom stereocenters. The molecular weight excluding hydrogens is 353 g/mol. The number of anilines is 1. The summed E-state index contributed by atoms with van der Waals surface area (Å²) in [6, 6.07) is 7.40. The third-order valence-electron chi connectivity index (χ3n) is 3.98. The Hall–Kier alpha value is -2.02. The fraction of sp³-hybridized carbons (Fsp3) is 0.250. The van der Waals surface area contributed by atoms with E-state index < -0.39 is 0 Å². The van der Waals surface area contributed by atoms with Crippen molar-refractivity contribution in [3.8, 4) is 17.1 Å². The van der Waals surface area contributed by atoms with E-state index in [1.807, 2.05) is 18.2 Å². The average molecular weight is 366 g/mol. The van der Waals surface area contributed by atoms with Crippen molar-refractivity contribution in [3.05, 3.63) is 34.4 Å². The summed E-state index contributed by atoms with van der Waals surface area (Å²) in [6.07, 6.45) is 0. The second-order valence-corrected chi connectivity index (χ2v) is 6.21. The molecule has 24 heavy (non-hydrogen) atoms. The molecule has 2 aromatic heterocycles. The molecule has 1 fully saturated rings. The highest BCUT2D eigenvalue weighted by molar-refractivity contribution is 6.36. The molecule has 4 rings (SSSR count). The van der Waals surface area contributed by atoms with Crippen LogP contribution in [0.4, 0.5) is 5.69 Å². The predicted molar refractivity (Wildman–Crippen MR) is 92.0 cm³/mol. The standard InChI is InChI=1S/C16H13Cl2N3O3/c17-11-8-12(19-16(18)15(11)22)14-10-2-1-9(7-13(10)24-20-14)21-3-5-23-6-4-21/h1-2,7-8,22H,3-6H2. The van der Waals surface area contributed by atoms with Gasteiger partial charge in [0.1, 0.15) is 5.69 Å². The summed E-state index contributed by atoms with van der Waals surface area (Å²) >= 11 is 11.9. The maximum Gasteiger partial charge on any atom is 0.173 e. The van der Waals surface area contributed by atoms with Crippen molar-refractivity contribution in [2.24, 2.45) is 0 Å². The number of aromatic hydroxyl groups is 1. The Morgan fingerprint density at radius 1 is 1.12 bits per heavy atom. The van der Waals surface area contributed by atoms with Crippen LogP contribution >= 0.6 is 23.2 Å². The number of ether oxygens (including phenoxy) is 1. The maximum absolute atomic E-state index is 9.64. The number of fused-ring (bicyclic) bond motifs is 1. The zero-order valence-corrected chi connectivity index (χ0v) is 14.0. The predicted octanol–water partition coefficient (Wildman–Crippen LogP) is 3.74. The minimum absolute atomic E-state index is 0.0708. The van der Waals surface area contributed by atoms with Crippen molar-refractivity contribution >= 4 is 39.9 Å². The lowest BCUT2D eigenvalue weighted by atomic mass is 10.1. The largest absolute Gasteiger partial charge is 0.504 e. The second kappa shape index (κ2) is 6.12. The van der Waals surface area contributed by atoms with Gasteiger partial charge in [0.2, 0.25) is 0 Å². The van der Waals surface area contributed by atoms with E-state index in [0.29, 0.717) is 30.2 Å². The molecular formula is C16H13Cl2N3O3. The lowest BCUT2D eigenvalue weighted by Gasteiger charge is -2.28. The molecule has 1 aromatic carbocycles. The second-order valence-electron chi connectivity index (χ2n) is 5.44. The summed E-state index contributed by atoms with van der Waals surface area (Å²) in [5.41, 5.74) is 2.68. The van der Waals surface area contributed by atoms with Crippen LogP contribution in [0, 0.1) is 0 Å². The fourth-order valence-corrected chi connectivity index (χ4v) is 3.16. The third kappa shape index (κ3) is 2.66. The van der Waals surface area contributed by atoms with Gasteiger partial charge in [-0.2, -0.15) is 0 Å². The number of aromatic nitrogens is 2. The topological polar surface area (TPSA) is 71.6 Å². The van der Waals surface area contributed by atoms with Crippen molar-refractivity contribution < 1.29 is 14.4 Å². The van der Waals surface area contributed by atoms with Gasteiger partial charge in [0.25, 0.3) is 0 Å². The van der Waals surface area contributed by atoms with Gasteiger partial charge < -0.3 is 19.3 Å². The first-order valence-electron chi connectivity index (χ1n) is 7.41. The van der Waals surface area contributed by atoms with E-state index >= 15 is 0 Å². The lowest BCUT2D eigenvalue weighted by Crippen LogP contribution is -2.36. The smallest absolute Gasteiger partial charge is 0.173 e. The Labute approximate surface area is 147 Å². The first-order chi connectivity index (χ1) is 11.6. The van der Waals surface area contributed by atoms with Crippen molar-refractivity contribution in [3.63, 3.8) is 0 Å². The van der Waals surface area contributed by atoms with Crippen LogP contribution in [0.1, 0.15) is 0 Å². The Kier molecular flexibility index (Phi) is 3.96. The number of morpholine rings is 1. The van der Waals surface area contributed by atoms with Crippen LogP contribution in [0.15, 0.2) is 28.8 Å². The summed E-state index contributed by atoms with van der Waals surface area (Å²) in [6.45, 7) is 3.12. The van der Waals surface area contributed by atoms with Crippen LogP contribution in [-0.2, 0) is 4.74 Å². The summed E-state index contributed by atoms with van der Waals surface area (Å²) < 4.78 is 10.8. The molecule has 1 saturated heterocycles. The van der Waals surface area contributed by atoms with Gasteiger partial charge in [-0.05, 0) is 18.2 Å². The third-order valence-corrected chi connectivity index (χ3v) is 4.53. The monoisotopic (exact) mass is 365 g/mol. The molecule has 0 radical (unpaired) electrons. The highest BCUT2D eigenvalue weighted by atomic mass is 35.5. The highest BCUT2D eigenvalue weighted by Crippen LogP contribution is 2.36. The Balaban J connectivity index is 1.75. The van der Waals surface area contributed by atoms with Crippen molar-refractivity contribution in [2.75, 3.05) is 31.2 Å². The van der Waals surface area contributed by atoms with Crippen molar-refractivity contribution in [1.29, 1.82) is 0 Å². The zero-order chi connectivity index (χ0) is 16.7.